The number of alkyl halides is 3. The summed E-state index contributed by atoms with van der Waals surface area (Å²) in [6.07, 6.45) is -5.27. The molecule has 1 saturated heterocycles. The molecule has 37 heavy (non-hydrogen) atoms. The van der Waals surface area contributed by atoms with E-state index in [0.29, 0.717) is 18.7 Å². The van der Waals surface area contributed by atoms with E-state index in [-0.39, 0.29) is 18.1 Å². The summed E-state index contributed by atoms with van der Waals surface area (Å²) >= 11 is 0. The fourth-order valence-electron chi connectivity index (χ4n) is 3.87. The Morgan fingerprint density at radius 3 is 2.11 bits per heavy atom. The maximum atomic E-state index is 13.7. The van der Waals surface area contributed by atoms with E-state index < -0.39 is 29.7 Å². The van der Waals surface area contributed by atoms with E-state index in [1.54, 1.807) is 20.8 Å². The number of carbonyl (C=O) groups is 1. The van der Waals surface area contributed by atoms with Crippen molar-refractivity contribution in [3.05, 3.63) is 89.6 Å². The van der Waals surface area contributed by atoms with Crippen LogP contribution < -0.4 is 4.74 Å². The highest BCUT2D eigenvalue weighted by Crippen LogP contribution is 2.34. The Labute approximate surface area is 213 Å². The van der Waals surface area contributed by atoms with Crippen LogP contribution in [0.15, 0.2) is 77.8 Å². The van der Waals surface area contributed by atoms with Crippen LogP contribution >= 0.6 is 0 Å². The second kappa shape index (κ2) is 10.6. The lowest BCUT2D eigenvalue weighted by molar-refractivity contribution is -0.141. The van der Waals surface area contributed by atoms with Gasteiger partial charge in [0.1, 0.15) is 11.7 Å². The summed E-state index contributed by atoms with van der Waals surface area (Å²) in [7, 11) is 0. The number of aromatic nitrogens is 1. The first kappa shape index (κ1) is 26.2. The Kier molecular flexibility index (Phi) is 7.52. The second-order valence-corrected chi connectivity index (χ2v) is 9.69. The first-order chi connectivity index (χ1) is 17.5. The van der Waals surface area contributed by atoms with Crippen molar-refractivity contribution in [1.82, 2.24) is 9.88 Å². The second-order valence-electron chi connectivity index (χ2n) is 9.69. The van der Waals surface area contributed by atoms with Gasteiger partial charge in [-0.3, -0.25) is 0 Å². The average Bonchev–Trinajstić information content (AvgIpc) is 3.31. The van der Waals surface area contributed by atoms with Gasteiger partial charge in [0, 0.05) is 30.2 Å². The molecule has 1 atom stereocenters. The normalized spacial score (nSPS) is 15.8. The van der Waals surface area contributed by atoms with E-state index >= 15 is 0 Å². The molecule has 4 rings (SSSR count). The zero-order valence-electron chi connectivity index (χ0n) is 20.8. The lowest BCUT2D eigenvalue weighted by Crippen LogP contribution is -2.36. The van der Waals surface area contributed by atoms with Crippen LogP contribution in [0.4, 0.5) is 23.7 Å². The molecule has 2 aromatic carbocycles. The van der Waals surface area contributed by atoms with Crippen molar-refractivity contribution in [3.63, 3.8) is 0 Å². The Morgan fingerprint density at radius 1 is 0.973 bits per heavy atom. The zero-order chi connectivity index (χ0) is 26.6. The van der Waals surface area contributed by atoms with Crippen LogP contribution in [0.1, 0.15) is 44.0 Å². The van der Waals surface area contributed by atoms with Gasteiger partial charge in [0.05, 0.1) is 17.9 Å². The van der Waals surface area contributed by atoms with E-state index in [4.69, 9.17) is 9.47 Å². The quantitative estimate of drug-likeness (QED) is 0.360. The topological polar surface area (TPSA) is 64.0 Å². The average molecular weight is 512 g/mol. The van der Waals surface area contributed by atoms with Gasteiger partial charge in [-0.1, -0.05) is 60.7 Å². The van der Waals surface area contributed by atoms with Gasteiger partial charge in [0.25, 0.3) is 0 Å². The molecule has 0 spiro atoms. The summed E-state index contributed by atoms with van der Waals surface area (Å²) in [6.45, 7) is 5.86. The lowest BCUT2D eigenvalue weighted by atomic mass is 10.0. The van der Waals surface area contributed by atoms with Crippen LogP contribution in [0.2, 0.25) is 0 Å². The van der Waals surface area contributed by atoms with Gasteiger partial charge in [-0.25, -0.2) is 14.8 Å². The summed E-state index contributed by atoms with van der Waals surface area (Å²) in [6, 6.07) is 20.7. The van der Waals surface area contributed by atoms with E-state index in [0.717, 1.165) is 17.2 Å². The van der Waals surface area contributed by atoms with Gasteiger partial charge in [0.2, 0.25) is 5.88 Å². The largest absolute Gasteiger partial charge is 0.472 e. The first-order valence-corrected chi connectivity index (χ1v) is 11.9. The van der Waals surface area contributed by atoms with Crippen LogP contribution in [0.5, 0.6) is 5.88 Å². The minimum atomic E-state index is -4.69. The monoisotopic (exact) mass is 511 g/mol. The highest BCUT2D eigenvalue weighted by atomic mass is 19.4. The molecule has 1 aliphatic rings. The maximum Gasteiger partial charge on any atom is 0.433 e. The number of amides is 1. The number of halogens is 3. The SMILES string of the molecule is CC(C)(C)OC(=O)N1CC[C@H](Oc2cc(N=C(c3ccccc3)c3ccccc3)cc(C(F)(F)F)n2)C1. The van der Waals surface area contributed by atoms with Gasteiger partial charge < -0.3 is 14.4 Å². The molecular weight excluding hydrogens is 483 g/mol. The number of hydrogen-bond donors (Lipinski definition) is 0. The summed E-state index contributed by atoms with van der Waals surface area (Å²) < 4.78 is 52.4. The van der Waals surface area contributed by atoms with Gasteiger partial charge in [-0.2, -0.15) is 13.2 Å². The molecule has 1 aromatic heterocycles. The highest BCUT2D eigenvalue weighted by Gasteiger charge is 2.35. The van der Waals surface area contributed by atoms with E-state index in [9.17, 15) is 18.0 Å². The van der Waals surface area contributed by atoms with Crippen molar-refractivity contribution in [1.29, 1.82) is 0 Å². The molecular formula is C28H28F3N3O3. The van der Waals surface area contributed by atoms with E-state index in [1.165, 1.54) is 11.0 Å². The van der Waals surface area contributed by atoms with Crippen molar-refractivity contribution < 1.29 is 27.4 Å². The van der Waals surface area contributed by atoms with E-state index in [1.807, 2.05) is 60.7 Å². The number of hydrogen-bond acceptors (Lipinski definition) is 5. The van der Waals surface area contributed by atoms with Crippen molar-refractivity contribution in [2.45, 2.75) is 45.1 Å². The van der Waals surface area contributed by atoms with Crippen LogP contribution in [0.3, 0.4) is 0 Å². The van der Waals surface area contributed by atoms with Crippen LogP contribution in [0, 0.1) is 0 Å². The number of nitrogens with zero attached hydrogens (tertiary/aromatic N) is 3. The van der Waals surface area contributed by atoms with Gasteiger partial charge in [-0.15, -0.1) is 0 Å². The minimum absolute atomic E-state index is 0.0574. The number of benzene rings is 2. The molecule has 0 radical (unpaired) electrons. The summed E-state index contributed by atoms with van der Waals surface area (Å²) in [5.41, 5.74) is 0.327. The molecule has 0 saturated carbocycles. The van der Waals surface area contributed by atoms with Gasteiger partial charge in [0.15, 0.2) is 5.69 Å². The Morgan fingerprint density at radius 2 is 1.57 bits per heavy atom. The van der Waals surface area contributed by atoms with Crippen LogP contribution in [-0.4, -0.2) is 46.5 Å². The molecule has 0 bridgehead atoms. The number of rotatable bonds is 5. The van der Waals surface area contributed by atoms with Crippen LogP contribution in [-0.2, 0) is 10.9 Å². The van der Waals surface area contributed by atoms with Crippen molar-refractivity contribution >= 4 is 17.5 Å². The molecule has 9 heteroatoms. The summed E-state index contributed by atoms with van der Waals surface area (Å²) in [5.74, 6) is -0.204. The Balaban J connectivity index is 1.65. The lowest BCUT2D eigenvalue weighted by Gasteiger charge is -2.24. The third-order valence-corrected chi connectivity index (χ3v) is 5.50. The van der Waals surface area contributed by atoms with Gasteiger partial charge in [-0.05, 0) is 26.8 Å². The van der Waals surface area contributed by atoms with Crippen LogP contribution in [0.25, 0.3) is 0 Å². The molecule has 1 amide bonds. The highest BCUT2D eigenvalue weighted by molar-refractivity contribution is 6.13. The smallest absolute Gasteiger partial charge is 0.433 e. The van der Waals surface area contributed by atoms with Gasteiger partial charge >= 0.3 is 12.3 Å². The van der Waals surface area contributed by atoms with Crippen molar-refractivity contribution in [2.75, 3.05) is 13.1 Å². The predicted molar refractivity (Wildman–Crippen MR) is 134 cm³/mol. The third kappa shape index (κ3) is 7.09. The molecule has 1 fully saturated rings. The minimum Gasteiger partial charge on any atom is -0.472 e. The first-order valence-electron chi connectivity index (χ1n) is 11.9. The third-order valence-electron chi connectivity index (χ3n) is 5.50. The zero-order valence-corrected chi connectivity index (χ0v) is 20.8. The molecule has 0 N–H and O–H groups in total. The number of likely N-dealkylation sites (tertiary alicyclic amines) is 1. The molecule has 194 valence electrons. The fourth-order valence-corrected chi connectivity index (χ4v) is 3.87. The Bertz CT molecular complexity index is 1210. The molecule has 0 unspecified atom stereocenters. The predicted octanol–water partition coefficient (Wildman–Crippen LogP) is 6.66. The number of aliphatic imine (C=N–C) groups is 1. The molecule has 0 aliphatic carbocycles. The maximum absolute atomic E-state index is 13.7. The van der Waals surface area contributed by atoms with Crippen molar-refractivity contribution in [2.24, 2.45) is 4.99 Å². The summed E-state index contributed by atoms with van der Waals surface area (Å²) in [5, 5.41) is 0. The van der Waals surface area contributed by atoms with Crippen molar-refractivity contribution in [3.8, 4) is 5.88 Å². The molecule has 3 aromatic rings. The summed E-state index contributed by atoms with van der Waals surface area (Å²) in [4.78, 5) is 22.1. The standard InChI is InChI=1S/C28H28F3N3O3/c1-27(2,3)37-26(35)34-15-14-22(18-34)36-24-17-21(16-23(33-24)28(29,30)31)32-25(19-10-6-4-7-11-19)20-12-8-5-9-13-20/h4-13,16-17,22H,14-15,18H2,1-3H3/t22-/m0/s1. The van der Waals surface area contributed by atoms with E-state index in [2.05, 4.69) is 9.98 Å². The Hall–Kier alpha value is -3.88. The molecule has 1 aliphatic heterocycles. The number of pyridine rings is 1. The fraction of sp³-hybridized carbons (Fsp3) is 0.321. The number of carbonyl (C=O) groups excluding carboxylic acids is 1. The number of ether oxygens (including phenoxy) is 2. The molecule has 2 heterocycles. The molecule has 6 nitrogen and oxygen atoms in total.